The van der Waals surface area contributed by atoms with Crippen LogP contribution in [0.2, 0.25) is 0 Å². The van der Waals surface area contributed by atoms with Crippen LogP contribution in [0.25, 0.3) is 0 Å². The van der Waals surface area contributed by atoms with Crippen molar-refractivity contribution in [3.8, 4) is 0 Å². The highest BCUT2D eigenvalue weighted by atomic mass is 31.1. The van der Waals surface area contributed by atoms with Crippen LogP contribution in [0.4, 0.5) is 0 Å². The van der Waals surface area contributed by atoms with Crippen molar-refractivity contribution in [2.24, 2.45) is 0 Å². The van der Waals surface area contributed by atoms with Crippen molar-refractivity contribution in [2.45, 2.75) is 12.8 Å². The summed E-state index contributed by atoms with van der Waals surface area (Å²) in [5.41, 5.74) is 0.998. The predicted molar refractivity (Wildman–Crippen MR) is 46.8 cm³/mol. The van der Waals surface area contributed by atoms with Gasteiger partial charge in [-0.1, -0.05) is 11.6 Å². The first-order valence-electron chi connectivity index (χ1n) is 3.68. The minimum atomic E-state index is -0.741. The quantitative estimate of drug-likeness (QED) is 0.458. The molecule has 0 amide bonds. The second-order valence-electron chi connectivity index (χ2n) is 2.21. The van der Waals surface area contributed by atoms with Gasteiger partial charge in [-0.05, 0) is 12.8 Å². The van der Waals surface area contributed by atoms with Gasteiger partial charge in [-0.15, -0.1) is 0 Å². The van der Waals surface area contributed by atoms with Gasteiger partial charge in [0.05, 0.1) is 8.46 Å². The fraction of sp³-hybridized carbons (Fsp3) is 0.714. The number of aliphatic hydroxyl groups excluding tert-OH is 2. The molecule has 0 heterocycles. The molecule has 0 saturated carbocycles. The van der Waals surface area contributed by atoms with E-state index in [-0.39, 0.29) is 13.2 Å². The lowest BCUT2D eigenvalue weighted by molar-refractivity contribution is 0.280. The highest BCUT2D eigenvalue weighted by Crippen LogP contribution is 2.07. The molecule has 0 spiro atoms. The normalized spacial score (nSPS) is 10.7. The maximum absolute atomic E-state index is 10.2. The average Bonchev–Trinajstić information content (AvgIpc) is 2.01. The fourth-order valence-electron chi connectivity index (χ4n) is 0.831. The minimum absolute atomic E-state index is 0.0972. The van der Waals surface area contributed by atoms with Gasteiger partial charge in [0.25, 0.3) is 0 Å². The molecule has 1 unspecified atom stereocenters. The maximum Gasteiger partial charge on any atom is 0.0681 e. The highest BCUT2D eigenvalue weighted by Gasteiger charge is 1.94. The van der Waals surface area contributed by atoms with Crippen molar-refractivity contribution in [3.05, 3.63) is 11.6 Å². The fourth-order valence-corrected chi connectivity index (χ4v) is 1.26. The molecule has 4 heteroatoms. The van der Waals surface area contributed by atoms with Crippen molar-refractivity contribution in [1.29, 1.82) is 0 Å². The summed E-state index contributed by atoms with van der Waals surface area (Å²) in [6.45, 7) is 0.194. The maximum atomic E-state index is 10.2. The molecule has 0 aromatic heterocycles. The third-order valence-corrected chi connectivity index (χ3v) is 1.80. The van der Waals surface area contributed by atoms with Crippen LogP contribution in [0, 0.1) is 0 Å². The summed E-state index contributed by atoms with van der Waals surface area (Å²) in [6, 6.07) is 0. The van der Waals surface area contributed by atoms with Crippen molar-refractivity contribution >= 4 is 8.46 Å². The molecule has 0 fully saturated rings. The number of hydrogen-bond acceptors (Lipinski definition) is 3. The first kappa shape index (κ1) is 10.9. The lowest BCUT2D eigenvalue weighted by atomic mass is 10.1. The minimum Gasteiger partial charge on any atom is -0.396 e. The second-order valence-corrected chi connectivity index (χ2v) is 3.02. The zero-order valence-corrected chi connectivity index (χ0v) is 7.65. The van der Waals surface area contributed by atoms with Gasteiger partial charge in [-0.3, -0.25) is 0 Å². The van der Waals surface area contributed by atoms with Crippen LogP contribution in [0.3, 0.4) is 0 Å². The summed E-state index contributed by atoms with van der Waals surface area (Å²) in [5, 5.41) is 17.1. The highest BCUT2D eigenvalue weighted by molar-refractivity contribution is 7.23. The molecule has 66 valence electrons. The molecule has 0 aromatic carbocycles. The predicted octanol–water partition coefficient (Wildman–Crippen LogP) is 0.434. The average molecular weight is 178 g/mol. The van der Waals surface area contributed by atoms with Crippen molar-refractivity contribution in [3.63, 3.8) is 0 Å². The second kappa shape index (κ2) is 7.99. The molecule has 0 aliphatic carbocycles. The van der Waals surface area contributed by atoms with E-state index < -0.39 is 8.46 Å². The molecule has 0 rings (SSSR count). The zero-order valence-electron chi connectivity index (χ0n) is 6.49. The Kier molecular flexibility index (Phi) is 7.91. The number of allylic oxidation sites excluding steroid dienone is 1. The number of rotatable bonds is 6. The van der Waals surface area contributed by atoms with E-state index in [0.717, 1.165) is 5.57 Å². The van der Waals surface area contributed by atoms with Gasteiger partial charge in [0.2, 0.25) is 0 Å². The summed E-state index contributed by atoms with van der Waals surface area (Å²) in [4.78, 5) is 0. The van der Waals surface area contributed by atoms with E-state index >= 15 is 0 Å². The molecule has 0 radical (unpaired) electrons. The Morgan fingerprint density at radius 1 is 1.27 bits per heavy atom. The Labute approximate surface area is 67.9 Å². The van der Waals surface area contributed by atoms with E-state index in [9.17, 15) is 4.57 Å². The van der Waals surface area contributed by atoms with Crippen LogP contribution in [0.15, 0.2) is 11.6 Å². The van der Waals surface area contributed by atoms with Crippen molar-refractivity contribution in [2.75, 3.05) is 19.4 Å². The molecule has 0 aromatic rings. The molecule has 0 bridgehead atoms. The summed E-state index contributed by atoms with van der Waals surface area (Å²) >= 11 is 0. The van der Waals surface area contributed by atoms with Crippen LogP contribution < -0.4 is 0 Å². The van der Waals surface area contributed by atoms with Crippen molar-refractivity contribution < 1.29 is 14.8 Å². The number of hydrogen-bond donors (Lipinski definition) is 2. The molecular weight excluding hydrogens is 163 g/mol. The van der Waals surface area contributed by atoms with Gasteiger partial charge < -0.3 is 14.8 Å². The SMILES string of the molecule is O=[PH2]CC=C(CCO)CCO. The topological polar surface area (TPSA) is 57.5 Å². The zero-order chi connectivity index (χ0) is 8.53. The molecule has 3 nitrogen and oxygen atoms in total. The van der Waals surface area contributed by atoms with E-state index in [4.69, 9.17) is 10.2 Å². The third kappa shape index (κ3) is 6.29. The molecular formula is C7H15O3P. The van der Waals surface area contributed by atoms with Gasteiger partial charge >= 0.3 is 0 Å². The van der Waals surface area contributed by atoms with Gasteiger partial charge in [0, 0.05) is 19.4 Å². The Balaban J connectivity index is 3.74. The van der Waals surface area contributed by atoms with Crippen LogP contribution in [-0.4, -0.2) is 29.6 Å². The summed E-state index contributed by atoms with van der Waals surface area (Å²) in [5.74, 6) is 0. The van der Waals surface area contributed by atoms with Crippen LogP contribution in [-0.2, 0) is 4.57 Å². The Bertz CT molecular complexity index is 126. The van der Waals surface area contributed by atoms with Crippen LogP contribution in [0.1, 0.15) is 12.8 Å². The Hall–Kier alpha value is -0.110. The molecule has 2 N–H and O–H groups in total. The van der Waals surface area contributed by atoms with E-state index in [0.29, 0.717) is 19.0 Å². The van der Waals surface area contributed by atoms with Gasteiger partial charge in [0.1, 0.15) is 0 Å². The van der Waals surface area contributed by atoms with Gasteiger partial charge in [-0.25, -0.2) is 0 Å². The number of aliphatic hydroxyl groups is 2. The molecule has 1 atom stereocenters. The van der Waals surface area contributed by atoms with Crippen LogP contribution >= 0.6 is 8.46 Å². The first-order valence-corrected chi connectivity index (χ1v) is 4.97. The van der Waals surface area contributed by atoms with Crippen molar-refractivity contribution in [1.82, 2.24) is 0 Å². The van der Waals surface area contributed by atoms with Crippen LogP contribution in [0.5, 0.6) is 0 Å². The molecule has 0 aliphatic rings. The monoisotopic (exact) mass is 178 g/mol. The molecule has 0 aliphatic heterocycles. The lowest BCUT2D eigenvalue weighted by Crippen LogP contribution is -1.93. The van der Waals surface area contributed by atoms with E-state index in [1.165, 1.54) is 0 Å². The van der Waals surface area contributed by atoms with E-state index in [1.54, 1.807) is 0 Å². The van der Waals surface area contributed by atoms with Gasteiger partial charge in [0.15, 0.2) is 0 Å². The first-order chi connectivity index (χ1) is 5.35. The molecule has 0 saturated heterocycles. The Morgan fingerprint density at radius 2 is 1.82 bits per heavy atom. The third-order valence-electron chi connectivity index (χ3n) is 1.37. The largest absolute Gasteiger partial charge is 0.396 e. The lowest BCUT2D eigenvalue weighted by Gasteiger charge is -2.01. The summed E-state index contributed by atoms with van der Waals surface area (Å²) < 4.78 is 10.2. The van der Waals surface area contributed by atoms with E-state index in [2.05, 4.69) is 0 Å². The molecule has 11 heavy (non-hydrogen) atoms. The smallest absolute Gasteiger partial charge is 0.0681 e. The summed E-state index contributed by atoms with van der Waals surface area (Å²) in [7, 11) is -0.741. The van der Waals surface area contributed by atoms with Gasteiger partial charge in [-0.2, -0.15) is 0 Å². The summed E-state index contributed by atoms with van der Waals surface area (Å²) in [6.07, 6.45) is 3.59. The standard InChI is InChI=1S/C7H15O3P/c8-4-1-7(2-5-9)3-6-11-10/h3,8-9H,1-2,4-6,11H2. The Morgan fingerprint density at radius 3 is 2.18 bits per heavy atom. The van der Waals surface area contributed by atoms with E-state index in [1.807, 2.05) is 6.08 Å².